The molecule has 9 heteroatoms. The van der Waals surface area contributed by atoms with E-state index >= 15 is 0 Å². The minimum Gasteiger partial charge on any atom is -0.363 e. The van der Waals surface area contributed by atoms with Crippen LogP contribution in [0.2, 0.25) is 0 Å². The number of piperidine rings is 1. The maximum atomic E-state index is 13.9. The van der Waals surface area contributed by atoms with Crippen LogP contribution in [0.1, 0.15) is 139 Å². The molecule has 48 heavy (non-hydrogen) atoms. The third-order valence-corrected chi connectivity index (χ3v) is 11.2. The molecule has 0 radical (unpaired) electrons. The van der Waals surface area contributed by atoms with Gasteiger partial charge in [0.05, 0.1) is 6.04 Å². The zero-order valence-electron chi connectivity index (χ0n) is 31.7. The van der Waals surface area contributed by atoms with Crippen molar-refractivity contribution in [3.05, 3.63) is 12.2 Å². The van der Waals surface area contributed by atoms with Crippen molar-refractivity contribution in [2.45, 2.75) is 157 Å². The highest BCUT2D eigenvalue weighted by Crippen LogP contribution is 2.57. The summed E-state index contributed by atoms with van der Waals surface area (Å²) in [7, 11) is 0. The number of fused-ring (bicyclic) bond motifs is 1. The van der Waals surface area contributed by atoms with Gasteiger partial charge in [-0.2, -0.15) is 0 Å². The van der Waals surface area contributed by atoms with Crippen LogP contribution in [-0.4, -0.2) is 59.0 Å². The number of likely N-dealkylation sites (tertiary alicyclic amines) is 1. The van der Waals surface area contributed by atoms with Crippen LogP contribution < -0.4 is 16.4 Å². The Morgan fingerprint density at radius 3 is 2.02 bits per heavy atom. The number of nitrogens with one attached hydrogen (secondary N) is 2. The predicted octanol–water partition coefficient (Wildman–Crippen LogP) is 6.97. The van der Waals surface area contributed by atoms with E-state index in [1.165, 1.54) is 25.7 Å². The van der Waals surface area contributed by atoms with Crippen LogP contribution in [0, 0.1) is 40.9 Å². The van der Waals surface area contributed by atoms with Gasteiger partial charge in [0.15, 0.2) is 0 Å². The molecule has 7 atom stereocenters. The van der Waals surface area contributed by atoms with Gasteiger partial charge >= 0.3 is 6.03 Å². The number of primary amides is 1. The van der Waals surface area contributed by atoms with Gasteiger partial charge in [0, 0.05) is 31.3 Å². The molecule has 4 aliphatic rings. The average Bonchev–Trinajstić information content (AvgIpc) is 3.41. The van der Waals surface area contributed by atoms with Crippen molar-refractivity contribution < 1.29 is 24.0 Å². The molecule has 1 saturated heterocycles. The summed E-state index contributed by atoms with van der Waals surface area (Å²) in [4.78, 5) is 62.4. The van der Waals surface area contributed by atoms with Crippen molar-refractivity contribution in [1.29, 1.82) is 0 Å². The second-order valence-electron chi connectivity index (χ2n) is 15.8. The standard InChI is InChI=1S/C28H47N3O3.C9H15NO2.C2H6/c1-8-11-17(3)24-23-18(4)21(23)16-31(24)26(33)25(28(5,6)7)30-27(34)29-22(19-12-10-13-19)15-14-20(32)9-2;1-6(8(11)9(10)12)5-7-3-2-4-7;1-2/h18-19,21-25H,3,8-16H2,1-2,4-7H3,(H2,29,30,34);6-7H,2-5H2,1H3,(H2,10,12);1-2H3/t18?,21-,22?,23+,24?,25?;;/m1../s1. The SMILES string of the molecule is C=C(CCC)C1[C@H]2C(C)[C@H]2CN1C(=O)C(NC(=O)NC(CCC(=O)CC)C1CCC1)C(C)(C)C.CC.CC(CC1CCC1)C(=O)C(N)=O. The van der Waals surface area contributed by atoms with E-state index in [1.54, 1.807) is 6.92 Å². The molecular formula is C39H68N4O5. The molecule has 0 aromatic heterocycles. The smallest absolute Gasteiger partial charge is 0.315 e. The topological polar surface area (TPSA) is 139 Å². The lowest BCUT2D eigenvalue weighted by molar-refractivity contribution is -0.138. The molecule has 1 aliphatic heterocycles. The number of nitrogens with zero attached hydrogens (tertiary/aromatic N) is 1. The largest absolute Gasteiger partial charge is 0.363 e. The van der Waals surface area contributed by atoms with Crippen molar-refractivity contribution in [2.24, 2.45) is 46.7 Å². The Hall–Kier alpha value is -2.71. The highest BCUT2D eigenvalue weighted by atomic mass is 16.2. The summed E-state index contributed by atoms with van der Waals surface area (Å²) in [6.45, 7) is 23.2. The maximum Gasteiger partial charge on any atom is 0.315 e. The summed E-state index contributed by atoms with van der Waals surface area (Å²) in [6, 6.07) is -0.838. The number of carbonyl (C=O) groups excluding carboxylic acids is 5. The fraction of sp³-hybridized carbons (Fsp3) is 0.821. The predicted molar refractivity (Wildman–Crippen MR) is 193 cm³/mol. The summed E-state index contributed by atoms with van der Waals surface area (Å²) >= 11 is 0. The van der Waals surface area contributed by atoms with Crippen LogP contribution in [0.4, 0.5) is 4.79 Å². The third-order valence-electron chi connectivity index (χ3n) is 11.2. The maximum absolute atomic E-state index is 13.9. The van der Waals surface area contributed by atoms with Gasteiger partial charge in [0.1, 0.15) is 11.8 Å². The van der Waals surface area contributed by atoms with Gasteiger partial charge < -0.3 is 21.3 Å². The third kappa shape index (κ3) is 11.2. The molecule has 0 aromatic carbocycles. The monoisotopic (exact) mass is 673 g/mol. The summed E-state index contributed by atoms with van der Waals surface area (Å²) in [5.74, 6) is 1.64. The number of nitrogens with two attached hydrogens (primary N) is 1. The summed E-state index contributed by atoms with van der Waals surface area (Å²) < 4.78 is 0. The molecule has 274 valence electrons. The summed E-state index contributed by atoms with van der Waals surface area (Å²) in [5, 5.41) is 6.18. The first-order valence-corrected chi connectivity index (χ1v) is 19.0. The highest BCUT2D eigenvalue weighted by molar-refractivity contribution is 6.36. The Balaban J connectivity index is 0.000000478. The Kier molecular flexibility index (Phi) is 16.3. The first-order chi connectivity index (χ1) is 22.6. The molecule has 3 aliphatic carbocycles. The van der Waals surface area contributed by atoms with E-state index in [-0.39, 0.29) is 35.7 Å². The van der Waals surface area contributed by atoms with E-state index in [0.29, 0.717) is 48.9 Å². The van der Waals surface area contributed by atoms with Gasteiger partial charge in [0.2, 0.25) is 11.7 Å². The van der Waals surface area contributed by atoms with Gasteiger partial charge in [-0.05, 0) is 67.1 Å². The van der Waals surface area contributed by atoms with Crippen LogP contribution in [-0.2, 0) is 19.2 Å². The van der Waals surface area contributed by atoms with Crippen molar-refractivity contribution >= 4 is 29.4 Å². The van der Waals surface area contributed by atoms with E-state index in [2.05, 4.69) is 31.1 Å². The van der Waals surface area contributed by atoms with Gasteiger partial charge in [0.25, 0.3) is 5.91 Å². The minimum atomic E-state index is -0.790. The Morgan fingerprint density at radius 1 is 0.958 bits per heavy atom. The number of amides is 4. The summed E-state index contributed by atoms with van der Waals surface area (Å²) in [6.07, 6.45) is 11.5. The van der Waals surface area contributed by atoms with Crippen LogP contribution in [0.15, 0.2) is 12.2 Å². The number of rotatable bonds is 15. The lowest BCUT2D eigenvalue weighted by Gasteiger charge is -2.39. The number of hydrogen-bond acceptors (Lipinski definition) is 5. The van der Waals surface area contributed by atoms with Crippen LogP contribution >= 0.6 is 0 Å². The number of carbonyl (C=O) groups is 5. The van der Waals surface area contributed by atoms with Crippen LogP contribution in [0.5, 0.6) is 0 Å². The normalized spacial score (nSPS) is 24.8. The van der Waals surface area contributed by atoms with Crippen molar-refractivity contribution in [2.75, 3.05) is 6.54 Å². The zero-order chi connectivity index (χ0) is 36.3. The van der Waals surface area contributed by atoms with E-state index < -0.39 is 23.1 Å². The fourth-order valence-electron chi connectivity index (χ4n) is 7.62. The molecule has 0 bridgehead atoms. The van der Waals surface area contributed by atoms with Gasteiger partial charge in [-0.15, -0.1) is 0 Å². The van der Waals surface area contributed by atoms with E-state index in [0.717, 1.165) is 44.2 Å². The minimum absolute atomic E-state index is 0.00524. The molecular weight excluding hydrogens is 604 g/mol. The van der Waals surface area contributed by atoms with E-state index in [4.69, 9.17) is 5.73 Å². The molecule has 4 fully saturated rings. The van der Waals surface area contributed by atoms with E-state index in [9.17, 15) is 24.0 Å². The first kappa shape index (κ1) is 41.5. The number of hydrogen-bond donors (Lipinski definition) is 3. The zero-order valence-corrected chi connectivity index (χ0v) is 31.7. The molecule has 0 aromatic rings. The highest BCUT2D eigenvalue weighted by Gasteiger charge is 2.61. The van der Waals surface area contributed by atoms with Crippen LogP contribution in [0.3, 0.4) is 0 Å². The number of ketones is 2. The molecule has 4 N–H and O–H groups in total. The second kappa shape index (κ2) is 18.9. The molecule has 0 spiro atoms. The van der Waals surface area contributed by atoms with Gasteiger partial charge in [-0.25, -0.2) is 4.79 Å². The Morgan fingerprint density at radius 2 is 1.56 bits per heavy atom. The molecule has 9 nitrogen and oxygen atoms in total. The van der Waals surface area contributed by atoms with E-state index in [1.807, 2.05) is 46.4 Å². The number of Topliss-reactive ketones (excluding diaryl/α,β-unsaturated/α-hetero) is 2. The fourth-order valence-corrected chi connectivity index (χ4v) is 7.62. The molecule has 3 saturated carbocycles. The molecule has 5 unspecified atom stereocenters. The molecule has 1 heterocycles. The second-order valence-corrected chi connectivity index (χ2v) is 15.8. The lowest BCUT2D eigenvalue weighted by Crippen LogP contribution is -2.59. The first-order valence-electron chi connectivity index (χ1n) is 19.0. The van der Waals surface area contributed by atoms with Crippen molar-refractivity contribution in [3.63, 3.8) is 0 Å². The van der Waals surface area contributed by atoms with Gasteiger partial charge in [-0.1, -0.05) is 107 Å². The Bertz CT molecular complexity index is 1120. The Labute approximate surface area is 291 Å². The summed E-state index contributed by atoms with van der Waals surface area (Å²) in [5.41, 5.74) is 5.61. The molecule has 4 amide bonds. The van der Waals surface area contributed by atoms with Gasteiger partial charge in [-0.3, -0.25) is 19.2 Å². The van der Waals surface area contributed by atoms with Crippen molar-refractivity contribution in [1.82, 2.24) is 15.5 Å². The quantitative estimate of drug-likeness (QED) is 0.127. The average molecular weight is 673 g/mol. The van der Waals surface area contributed by atoms with Crippen molar-refractivity contribution in [3.8, 4) is 0 Å². The number of urea groups is 1. The molecule has 4 rings (SSSR count). The van der Waals surface area contributed by atoms with Crippen LogP contribution in [0.25, 0.3) is 0 Å². The lowest BCUT2D eigenvalue weighted by atomic mass is 9.78.